The van der Waals surface area contributed by atoms with Crippen LogP contribution in [0.1, 0.15) is 52.4 Å². The molecule has 0 aliphatic rings. The molecule has 0 fully saturated rings. The van der Waals surface area contributed by atoms with Crippen molar-refractivity contribution in [2.45, 2.75) is 52.4 Å². The Balaban J connectivity index is 3.30. The summed E-state index contributed by atoms with van der Waals surface area (Å²) in [6, 6.07) is 0. The first kappa shape index (κ1) is 14.2. The molecule has 1 atom stereocenters. The summed E-state index contributed by atoms with van der Waals surface area (Å²) < 4.78 is 0. The van der Waals surface area contributed by atoms with Crippen LogP contribution in [0.3, 0.4) is 0 Å². The molecule has 14 heavy (non-hydrogen) atoms. The molecule has 0 bridgehead atoms. The van der Waals surface area contributed by atoms with Crippen LogP contribution in [0.25, 0.3) is 0 Å². The number of unbranched alkanes of at least 4 members (excludes halogenated alkanes) is 2. The molecular formula is C12H26ClN. The number of hydrogen-bond acceptors (Lipinski definition) is 1. The summed E-state index contributed by atoms with van der Waals surface area (Å²) in [5.74, 6) is 1.60. The van der Waals surface area contributed by atoms with E-state index in [0.717, 1.165) is 24.8 Å². The molecule has 0 saturated heterocycles. The highest BCUT2D eigenvalue weighted by Crippen LogP contribution is 2.10. The first-order chi connectivity index (χ1) is 6.85. The van der Waals surface area contributed by atoms with Crippen LogP contribution in [0.15, 0.2) is 0 Å². The summed E-state index contributed by atoms with van der Waals surface area (Å²) >= 11 is 5.77. The van der Waals surface area contributed by atoms with Crippen molar-refractivity contribution in [2.75, 3.05) is 19.0 Å². The van der Waals surface area contributed by atoms with Crippen molar-refractivity contribution in [3.05, 3.63) is 0 Å². The van der Waals surface area contributed by atoms with Crippen LogP contribution in [0.2, 0.25) is 0 Å². The molecule has 0 aromatic heterocycles. The molecule has 2 heteroatoms. The minimum absolute atomic E-state index is 0.791. The molecule has 86 valence electrons. The lowest BCUT2D eigenvalue weighted by Gasteiger charge is -2.15. The van der Waals surface area contributed by atoms with Crippen LogP contribution >= 0.6 is 11.6 Å². The molecule has 0 aromatic carbocycles. The highest BCUT2D eigenvalue weighted by atomic mass is 35.5. The molecule has 0 rings (SSSR count). The number of rotatable bonds is 10. The fraction of sp³-hybridized carbons (Fsp3) is 1.00. The predicted octanol–water partition coefficient (Wildman–Crippen LogP) is 3.81. The van der Waals surface area contributed by atoms with Gasteiger partial charge in [-0.1, -0.05) is 33.1 Å². The largest absolute Gasteiger partial charge is 0.316 e. The van der Waals surface area contributed by atoms with Crippen molar-refractivity contribution in [2.24, 2.45) is 5.92 Å². The Labute approximate surface area is 94.6 Å². The lowest BCUT2D eigenvalue weighted by atomic mass is 10.0. The van der Waals surface area contributed by atoms with Crippen LogP contribution < -0.4 is 5.32 Å². The zero-order valence-corrected chi connectivity index (χ0v) is 10.6. The Morgan fingerprint density at radius 2 is 1.86 bits per heavy atom. The van der Waals surface area contributed by atoms with Gasteiger partial charge in [-0.2, -0.15) is 0 Å². The van der Waals surface area contributed by atoms with Crippen molar-refractivity contribution < 1.29 is 0 Å². The average Bonchev–Trinajstić information content (AvgIpc) is 2.18. The zero-order chi connectivity index (χ0) is 10.6. The van der Waals surface area contributed by atoms with Crippen LogP contribution in [-0.4, -0.2) is 19.0 Å². The second-order valence-corrected chi connectivity index (χ2v) is 4.42. The van der Waals surface area contributed by atoms with Crippen molar-refractivity contribution in [3.63, 3.8) is 0 Å². The molecule has 1 N–H and O–H groups in total. The van der Waals surface area contributed by atoms with Crippen LogP contribution in [0.4, 0.5) is 0 Å². The monoisotopic (exact) mass is 219 g/mol. The molecular weight excluding hydrogens is 194 g/mol. The van der Waals surface area contributed by atoms with Gasteiger partial charge in [0.25, 0.3) is 0 Å². The molecule has 0 spiro atoms. The molecule has 0 aromatic rings. The molecule has 0 heterocycles. The van der Waals surface area contributed by atoms with Crippen molar-refractivity contribution in [1.29, 1.82) is 0 Å². The maximum absolute atomic E-state index is 5.77. The number of alkyl halides is 1. The summed E-state index contributed by atoms with van der Waals surface area (Å²) in [5, 5.41) is 3.53. The number of nitrogens with one attached hydrogen (secondary N) is 1. The molecule has 1 unspecified atom stereocenters. The van der Waals surface area contributed by atoms with Gasteiger partial charge < -0.3 is 5.32 Å². The number of halogens is 1. The highest BCUT2D eigenvalue weighted by molar-refractivity contribution is 6.17. The molecule has 0 amide bonds. The topological polar surface area (TPSA) is 12.0 Å². The summed E-state index contributed by atoms with van der Waals surface area (Å²) in [4.78, 5) is 0. The Morgan fingerprint density at radius 3 is 2.43 bits per heavy atom. The first-order valence-corrected chi connectivity index (χ1v) is 6.65. The van der Waals surface area contributed by atoms with Crippen molar-refractivity contribution >= 4 is 11.6 Å². The highest BCUT2D eigenvalue weighted by Gasteiger charge is 2.05. The van der Waals surface area contributed by atoms with Gasteiger partial charge in [0, 0.05) is 5.88 Å². The fourth-order valence-electron chi connectivity index (χ4n) is 1.72. The van der Waals surface area contributed by atoms with Gasteiger partial charge in [0.05, 0.1) is 0 Å². The average molecular weight is 220 g/mol. The smallest absolute Gasteiger partial charge is 0.0226 e. The third-order valence-electron chi connectivity index (χ3n) is 2.60. The van der Waals surface area contributed by atoms with E-state index in [0.29, 0.717) is 0 Å². The van der Waals surface area contributed by atoms with Gasteiger partial charge in [-0.15, -0.1) is 11.6 Å². The standard InChI is InChI=1S/C12H26ClN/c1-3-5-6-10-14-11-12(7-4-2)8-9-13/h12,14H,3-11H2,1-2H3. The lowest BCUT2D eigenvalue weighted by Crippen LogP contribution is -2.24. The molecule has 1 nitrogen and oxygen atoms in total. The number of hydrogen-bond donors (Lipinski definition) is 1. The van der Waals surface area contributed by atoms with E-state index in [2.05, 4.69) is 19.2 Å². The third kappa shape index (κ3) is 8.83. The molecule has 0 aliphatic heterocycles. The van der Waals surface area contributed by atoms with E-state index in [1.807, 2.05) is 0 Å². The Bertz CT molecular complexity index is 100. The molecule has 0 radical (unpaired) electrons. The van der Waals surface area contributed by atoms with Gasteiger partial charge >= 0.3 is 0 Å². The minimum atomic E-state index is 0.791. The second-order valence-electron chi connectivity index (χ2n) is 4.04. The van der Waals surface area contributed by atoms with Gasteiger partial charge in [0.1, 0.15) is 0 Å². The van der Waals surface area contributed by atoms with E-state index in [4.69, 9.17) is 11.6 Å². The van der Waals surface area contributed by atoms with E-state index in [9.17, 15) is 0 Å². The third-order valence-corrected chi connectivity index (χ3v) is 2.82. The van der Waals surface area contributed by atoms with Gasteiger partial charge in [-0.05, 0) is 38.3 Å². The second kappa shape index (κ2) is 11.3. The van der Waals surface area contributed by atoms with Gasteiger partial charge in [-0.3, -0.25) is 0 Å². The maximum atomic E-state index is 5.77. The van der Waals surface area contributed by atoms with Crippen LogP contribution in [-0.2, 0) is 0 Å². The van der Waals surface area contributed by atoms with E-state index >= 15 is 0 Å². The summed E-state index contributed by atoms with van der Waals surface area (Å²) in [6.07, 6.45) is 7.72. The maximum Gasteiger partial charge on any atom is 0.0226 e. The molecule has 0 aliphatic carbocycles. The van der Waals surface area contributed by atoms with E-state index < -0.39 is 0 Å². The summed E-state index contributed by atoms with van der Waals surface area (Å²) in [6.45, 7) is 6.83. The summed E-state index contributed by atoms with van der Waals surface area (Å²) in [5.41, 5.74) is 0. The van der Waals surface area contributed by atoms with Gasteiger partial charge in [0.15, 0.2) is 0 Å². The SMILES string of the molecule is CCCCCNCC(CCC)CCCl. The van der Waals surface area contributed by atoms with Crippen molar-refractivity contribution in [3.8, 4) is 0 Å². The Kier molecular flexibility index (Phi) is 11.5. The lowest BCUT2D eigenvalue weighted by molar-refractivity contribution is 0.427. The Hall–Kier alpha value is 0.250. The predicted molar refractivity (Wildman–Crippen MR) is 66.1 cm³/mol. The zero-order valence-electron chi connectivity index (χ0n) is 9.82. The summed E-state index contributed by atoms with van der Waals surface area (Å²) in [7, 11) is 0. The van der Waals surface area contributed by atoms with Gasteiger partial charge in [-0.25, -0.2) is 0 Å². The normalized spacial score (nSPS) is 13.1. The molecule has 0 saturated carbocycles. The first-order valence-electron chi connectivity index (χ1n) is 6.11. The van der Waals surface area contributed by atoms with E-state index in [-0.39, 0.29) is 0 Å². The quantitative estimate of drug-likeness (QED) is 0.435. The minimum Gasteiger partial charge on any atom is -0.316 e. The van der Waals surface area contributed by atoms with Crippen LogP contribution in [0, 0.1) is 5.92 Å². The Morgan fingerprint density at radius 1 is 1.07 bits per heavy atom. The van der Waals surface area contributed by atoms with Gasteiger partial charge in [0.2, 0.25) is 0 Å². The van der Waals surface area contributed by atoms with E-state index in [1.165, 1.54) is 38.6 Å². The van der Waals surface area contributed by atoms with Crippen LogP contribution in [0.5, 0.6) is 0 Å². The van der Waals surface area contributed by atoms with Crippen molar-refractivity contribution in [1.82, 2.24) is 5.32 Å². The fourth-order valence-corrected chi connectivity index (χ4v) is 2.03. The van der Waals surface area contributed by atoms with E-state index in [1.54, 1.807) is 0 Å².